The first kappa shape index (κ1) is 12.1. The van der Waals surface area contributed by atoms with Crippen molar-refractivity contribution in [2.24, 2.45) is 0 Å². The van der Waals surface area contributed by atoms with Crippen LogP contribution in [0.2, 0.25) is 5.02 Å². The smallest absolute Gasteiger partial charge is 0.374 e. The topological polar surface area (TPSA) is 92.4 Å². The van der Waals surface area contributed by atoms with E-state index in [0.29, 0.717) is 10.7 Å². The molecule has 7 heteroatoms. The molecule has 2 rings (SSSR count). The Morgan fingerprint density at radius 1 is 1.33 bits per heavy atom. The van der Waals surface area contributed by atoms with E-state index in [4.69, 9.17) is 16.7 Å². The van der Waals surface area contributed by atoms with Gasteiger partial charge >= 0.3 is 5.97 Å². The lowest BCUT2D eigenvalue weighted by Gasteiger charge is -2.03. The van der Waals surface area contributed by atoms with Crippen LogP contribution in [0.15, 0.2) is 34.9 Å². The number of aromatic carboxylic acids is 1. The Bertz CT molecular complexity index is 609. The first-order valence-electron chi connectivity index (χ1n) is 4.84. The highest BCUT2D eigenvalue weighted by Crippen LogP contribution is 2.21. The van der Waals surface area contributed by atoms with Gasteiger partial charge in [0.2, 0.25) is 5.76 Å². The van der Waals surface area contributed by atoms with Crippen LogP contribution < -0.4 is 5.32 Å². The summed E-state index contributed by atoms with van der Waals surface area (Å²) in [6, 6.07) is 7.68. The highest BCUT2D eigenvalue weighted by molar-refractivity contribution is 6.33. The van der Waals surface area contributed by atoms with Gasteiger partial charge in [-0.05, 0) is 12.1 Å². The van der Waals surface area contributed by atoms with Crippen LogP contribution in [0.5, 0.6) is 0 Å². The van der Waals surface area contributed by atoms with Crippen molar-refractivity contribution in [1.29, 1.82) is 0 Å². The maximum atomic E-state index is 11.7. The predicted octanol–water partition coefficient (Wildman–Crippen LogP) is 2.28. The molecule has 0 atom stereocenters. The number of carboxylic acids is 1. The monoisotopic (exact) mass is 266 g/mol. The van der Waals surface area contributed by atoms with Crippen molar-refractivity contribution < 1.29 is 19.2 Å². The largest absolute Gasteiger partial charge is 0.475 e. The number of carbonyl (C=O) groups excluding carboxylic acids is 1. The molecule has 92 valence electrons. The zero-order valence-corrected chi connectivity index (χ0v) is 9.64. The van der Waals surface area contributed by atoms with E-state index >= 15 is 0 Å². The van der Waals surface area contributed by atoms with Gasteiger partial charge < -0.3 is 14.9 Å². The number of carboxylic acid groups (broad SMARTS) is 1. The van der Waals surface area contributed by atoms with Crippen molar-refractivity contribution in [3.63, 3.8) is 0 Å². The zero-order chi connectivity index (χ0) is 13.1. The molecular formula is C11H7ClN2O4. The molecule has 0 radical (unpaired) electrons. The summed E-state index contributed by atoms with van der Waals surface area (Å²) in [7, 11) is 0. The standard InChI is InChI=1S/C11H7ClN2O4/c12-6-3-1-2-4-7(6)13-10(15)8-5-9(11(16)17)18-14-8/h1-5H,(H,13,15)(H,16,17). The minimum atomic E-state index is -1.29. The normalized spacial score (nSPS) is 10.1. The van der Waals surface area contributed by atoms with Crippen molar-refractivity contribution >= 4 is 29.2 Å². The van der Waals surface area contributed by atoms with Crippen LogP contribution in [0.25, 0.3) is 0 Å². The van der Waals surface area contributed by atoms with Gasteiger partial charge in [-0.15, -0.1) is 0 Å². The molecule has 0 saturated heterocycles. The molecule has 2 N–H and O–H groups in total. The quantitative estimate of drug-likeness (QED) is 0.889. The number of nitrogens with one attached hydrogen (secondary N) is 1. The van der Waals surface area contributed by atoms with E-state index in [2.05, 4.69) is 15.0 Å². The minimum Gasteiger partial charge on any atom is -0.475 e. The summed E-state index contributed by atoms with van der Waals surface area (Å²) < 4.78 is 4.47. The van der Waals surface area contributed by atoms with Crippen LogP contribution in [-0.2, 0) is 0 Å². The molecular weight excluding hydrogens is 260 g/mol. The molecule has 2 aromatic rings. The molecule has 1 heterocycles. The molecule has 0 fully saturated rings. The van der Waals surface area contributed by atoms with Crippen molar-refractivity contribution in [2.45, 2.75) is 0 Å². The SMILES string of the molecule is O=C(Nc1ccccc1Cl)c1cc(C(=O)O)on1. The molecule has 0 aliphatic rings. The van der Waals surface area contributed by atoms with Crippen molar-refractivity contribution in [1.82, 2.24) is 5.16 Å². The molecule has 1 aromatic carbocycles. The summed E-state index contributed by atoms with van der Waals surface area (Å²) >= 11 is 5.86. The number of aromatic nitrogens is 1. The number of nitrogens with zero attached hydrogens (tertiary/aromatic N) is 1. The second-order valence-corrected chi connectivity index (χ2v) is 3.72. The predicted molar refractivity (Wildman–Crippen MR) is 62.9 cm³/mol. The van der Waals surface area contributed by atoms with Gasteiger partial charge in [0, 0.05) is 6.07 Å². The average molecular weight is 267 g/mol. The zero-order valence-electron chi connectivity index (χ0n) is 8.88. The Hall–Kier alpha value is -2.34. The van der Waals surface area contributed by atoms with Gasteiger partial charge in [-0.1, -0.05) is 28.9 Å². The van der Waals surface area contributed by atoms with Crippen LogP contribution in [-0.4, -0.2) is 22.1 Å². The fraction of sp³-hybridized carbons (Fsp3) is 0. The Balaban J connectivity index is 2.17. The molecule has 6 nitrogen and oxygen atoms in total. The first-order chi connectivity index (χ1) is 8.58. The van der Waals surface area contributed by atoms with E-state index in [1.54, 1.807) is 24.3 Å². The Labute approximate surface area is 106 Å². The van der Waals surface area contributed by atoms with E-state index in [1.165, 1.54) is 0 Å². The fourth-order valence-electron chi connectivity index (χ4n) is 1.23. The first-order valence-corrected chi connectivity index (χ1v) is 5.21. The van der Waals surface area contributed by atoms with Crippen molar-refractivity contribution in [2.75, 3.05) is 5.32 Å². The molecule has 0 spiro atoms. The summed E-state index contributed by atoms with van der Waals surface area (Å²) in [6.45, 7) is 0. The number of benzene rings is 1. The van der Waals surface area contributed by atoms with Gasteiger partial charge in [-0.2, -0.15) is 0 Å². The second kappa shape index (κ2) is 4.89. The summed E-state index contributed by atoms with van der Waals surface area (Å²) in [5, 5.41) is 14.8. The van der Waals surface area contributed by atoms with Gasteiger partial charge in [0.15, 0.2) is 5.69 Å². The number of amides is 1. The van der Waals surface area contributed by atoms with E-state index in [1.807, 2.05) is 0 Å². The number of halogens is 1. The van der Waals surface area contributed by atoms with E-state index < -0.39 is 17.6 Å². The maximum Gasteiger partial charge on any atom is 0.374 e. The van der Waals surface area contributed by atoms with Crippen molar-refractivity contribution in [3.05, 3.63) is 46.8 Å². The van der Waals surface area contributed by atoms with Crippen molar-refractivity contribution in [3.8, 4) is 0 Å². The molecule has 1 aromatic heterocycles. The molecule has 0 saturated carbocycles. The highest BCUT2D eigenvalue weighted by Gasteiger charge is 2.17. The number of para-hydroxylation sites is 1. The Morgan fingerprint density at radius 2 is 2.06 bits per heavy atom. The van der Waals surface area contributed by atoms with E-state index in [-0.39, 0.29) is 5.69 Å². The van der Waals surface area contributed by atoms with Gasteiger partial charge in [0.05, 0.1) is 10.7 Å². The van der Waals surface area contributed by atoms with Gasteiger partial charge in [0.25, 0.3) is 5.91 Å². The summed E-state index contributed by atoms with van der Waals surface area (Å²) in [5.74, 6) is -2.29. The maximum absolute atomic E-state index is 11.7. The van der Waals surface area contributed by atoms with Crippen LogP contribution >= 0.6 is 11.6 Å². The van der Waals surface area contributed by atoms with Crippen LogP contribution in [0.3, 0.4) is 0 Å². The molecule has 0 aliphatic heterocycles. The lowest BCUT2D eigenvalue weighted by Crippen LogP contribution is -2.12. The number of hydrogen-bond donors (Lipinski definition) is 2. The number of carbonyl (C=O) groups is 2. The number of hydrogen-bond acceptors (Lipinski definition) is 4. The van der Waals surface area contributed by atoms with Gasteiger partial charge in [-0.25, -0.2) is 4.79 Å². The summed E-state index contributed by atoms with van der Waals surface area (Å²) in [5.41, 5.74) is 0.274. The number of anilines is 1. The minimum absolute atomic E-state index is 0.132. The average Bonchev–Trinajstić information content (AvgIpc) is 2.81. The third kappa shape index (κ3) is 2.49. The molecule has 18 heavy (non-hydrogen) atoms. The van der Waals surface area contributed by atoms with E-state index in [0.717, 1.165) is 6.07 Å². The van der Waals surface area contributed by atoms with Crippen LogP contribution in [0.1, 0.15) is 21.0 Å². The molecule has 1 amide bonds. The molecule has 0 bridgehead atoms. The van der Waals surface area contributed by atoms with E-state index in [9.17, 15) is 9.59 Å². The Kier molecular flexibility index (Phi) is 3.29. The summed E-state index contributed by atoms with van der Waals surface area (Å²) in [6.07, 6.45) is 0. The van der Waals surface area contributed by atoms with Crippen LogP contribution in [0, 0.1) is 0 Å². The molecule has 0 aliphatic carbocycles. The Morgan fingerprint density at radius 3 is 2.67 bits per heavy atom. The lowest BCUT2D eigenvalue weighted by atomic mass is 10.3. The number of rotatable bonds is 3. The second-order valence-electron chi connectivity index (χ2n) is 3.32. The highest BCUT2D eigenvalue weighted by atomic mass is 35.5. The third-order valence-electron chi connectivity index (χ3n) is 2.08. The molecule has 0 unspecified atom stereocenters. The lowest BCUT2D eigenvalue weighted by molar-refractivity contribution is 0.0651. The van der Waals surface area contributed by atoms with Gasteiger partial charge in [0.1, 0.15) is 0 Å². The van der Waals surface area contributed by atoms with Crippen LogP contribution in [0.4, 0.5) is 5.69 Å². The third-order valence-corrected chi connectivity index (χ3v) is 2.41. The fourth-order valence-corrected chi connectivity index (χ4v) is 1.41. The van der Waals surface area contributed by atoms with Gasteiger partial charge in [-0.3, -0.25) is 4.79 Å². The summed E-state index contributed by atoms with van der Waals surface area (Å²) in [4.78, 5) is 22.3.